The van der Waals surface area contributed by atoms with E-state index in [0.717, 1.165) is 50.6 Å². The van der Waals surface area contributed by atoms with Crippen molar-refractivity contribution < 1.29 is 25.2 Å². The van der Waals surface area contributed by atoms with Crippen LogP contribution in [0, 0.1) is 69.0 Å². The maximum absolute atomic E-state index is 14.4. The Bertz CT molecular complexity index is 1890. The van der Waals surface area contributed by atoms with Crippen LogP contribution in [0.5, 0.6) is 0 Å². The molecular formula is C50H73N3O5. The maximum Gasteiger partial charge on any atom is 0.159 e. The number of allylic oxidation sites excluding steroid dienone is 3. The number of hydrogen-bond donors (Lipinski definition) is 5. The van der Waals surface area contributed by atoms with E-state index in [0.29, 0.717) is 36.6 Å². The molecule has 1 heterocycles. The van der Waals surface area contributed by atoms with E-state index in [-0.39, 0.29) is 40.8 Å². The van der Waals surface area contributed by atoms with Crippen molar-refractivity contribution in [2.24, 2.45) is 69.0 Å². The first-order valence-electron chi connectivity index (χ1n) is 23.8. The van der Waals surface area contributed by atoms with E-state index in [2.05, 4.69) is 48.8 Å². The fourth-order valence-corrected chi connectivity index (χ4v) is 17.4. The van der Waals surface area contributed by atoms with Gasteiger partial charge >= 0.3 is 0 Å². The minimum atomic E-state index is -1.14. The number of carbonyl (C=O) groups excluding carboxylic acids is 1. The second-order valence-corrected chi connectivity index (χ2v) is 22.7. The van der Waals surface area contributed by atoms with Crippen LogP contribution in [0.4, 0.5) is 0 Å². The molecule has 0 aliphatic heterocycles. The van der Waals surface area contributed by atoms with Gasteiger partial charge < -0.3 is 30.3 Å². The number of carbonyl (C=O) groups is 1. The van der Waals surface area contributed by atoms with Crippen LogP contribution in [0.25, 0.3) is 0 Å². The van der Waals surface area contributed by atoms with Crippen LogP contribution in [0.2, 0.25) is 0 Å². The number of nitrogens with one attached hydrogen (secondary N) is 1. The molecule has 0 bridgehead atoms. The molecule has 14 atom stereocenters. The molecule has 5 N–H and O–H groups in total. The number of nitrogens with zero attached hydrogens (tertiary/aromatic N) is 2. The van der Waals surface area contributed by atoms with Crippen LogP contribution < -0.4 is 5.32 Å². The number of imidazole rings is 1. The highest BCUT2D eigenvalue weighted by atomic mass is 16.3. The largest absolute Gasteiger partial charge is 0.392 e. The van der Waals surface area contributed by atoms with E-state index < -0.39 is 40.7 Å². The number of rotatable bonds is 7. The Morgan fingerprint density at radius 1 is 0.948 bits per heavy atom. The molecule has 6 saturated carbocycles. The first-order chi connectivity index (χ1) is 27.7. The summed E-state index contributed by atoms with van der Waals surface area (Å²) < 4.78 is 2.22. The zero-order chi connectivity index (χ0) is 40.6. The van der Waals surface area contributed by atoms with Crippen LogP contribution >= 0.6 is 0 Å². The molecule has 9 aliphatic rings. The SMILES string of the molecule is CNC[C@H]1[C@@H](O)[C@@H](O)C[C@@]2(C)[C@@H]1C(=O)C=C1[C@@H]2CC[C@]2(C)[C@@H]([C@@H]3C[C@H]4CCCC5=C4[C@H](C(C(C)(C)CCn4ccnc4)=C4CCCC6(CCCC6)[C@@H]54)[C@H]3O)CC[C@@]12O. The number of aliphatic hydroxyl groups is 4. The number of hydrogen-bond acceptors (Lipinski definition) is 7. The molecule has 1 spiro atoms. The first kappa shape index (κ1) is 40.0. The summed E-state index contributed by atoms with van der Waals surface area (Å²) in [6.07, 6.45) is 23.7. The van der Waals surface area contributed by atoms with Gasteiger partial charge in [-0.15, -0.1) is 0 Å². The van der Waals surface area contributed by atoms with Gasteiger partial charge in [0.15, 0.2) is 5.78 Å². The molecule has 0 saturated heterocycles. The molecule has 0 radical (unpaired) electrons. The predicted molar refractivity (Wildman–Crippen MR) is 225 cm³/mol. The lowest BCUT2D eigenvalue weighted by atomic mass is 9.43. The van der Waals surface area contributed by atoms with Gasteiger partial charge in [0.05, 0.1) is 30.2 Å². The Labute approximate surface area is 347 Å². The van der Waals surface area contributed by atoms with Gasteiger partial charge in [0, 0.05) is 54.6 Å². The van der Waals surface area contributed by atoms with Crippen molar-refractivity contribution >= 4 is 5.78 Å². The van der Waals surface area contributed by atoms with Crippen LogP contribution in [-0.4, -0.2) is 73.3 Å². The zero-order valence-electron chi connectivity index (χ0n) is 36.2. The molecule has 0 aromatic carbocycles. The van der Waals surface area contributed by atoms with Crippen molar-refractivity contribution in [2.75, 3.05) is 13.6 Å². The number of aromatic nitrogens is 2. The standard InChI is InChI=1S/C50H73N3O5/c1-46(2,20-22-53-23-21-52-28-53)43-31-12-9-17-49(15-6-7-16-49)41(31)30-11-8-10-29-24-32(45(57)40(43)39(29)30)34-14-19-50(58)36-25-37(54)42-33(27-51-5)44(56)38(55)26-47(42,3)35(36)13-18-48(34,50)4/h21,23,25,28-29,32-35,38,40-42,44-45,51,55-58H,6-20,22,24,26-27H2,1-5H3/t29-,32+,33-,34-,35+,38+,40-,41+,42+,44-,45+,47-,48-,50-/m1/s1. The van der Waals surface area contributed by atoms with E-state index >= 15 is 0 Å². The van der Waals surface area contributed by atoms with Crippen molar-refractivity contribution in [3.63, 3.8) is 0 Å². The Balaban J connectivity index is 1.03. The summed E-state index contributed by atoms with van der Waals surface area (Å²) in [7, 11) is 1.84. The lowest BCUT2D eigenvalue weighted by Gasteiger charge is -2.62. The minimum Gasteiger partial charge on any atom is -0.392 e. The third-order valence-electron chi connectivity index (χ3n) is 19.8. The number of aliphatic hydroxyl groups excluding tert-OH is 3. The molecule has 10 rings (SSSR count). The number of ketones is 1. The average Bonchev–Trinajstić information content (AvgIpc) is 3.95. The van der Waals surface area contributed by atoms with Crippen LogP contribution in [-0.2, 0) is 11.3 Å². The van der Waals surface area contributed by atoms with Gasteiger partial charge in [-0.1, -0.05) is 62.8 Å². The second-order valence-electron chi connectivity index (χ2n) is 22.7. The van der Waals surface area contributed by atoms with Gasteiger partial charge in [-0.2, -0.15) is 0 Å². The quantitative estimate of drug-likeness (QED) is 0.179. The summed E-state index contributed by atoms with van der Waals surface area (Å²) in [5, 5.41) is 52.3. The lowest BCUT2D eigenvalue weighted by Crippen LogP contribution is -2.64. The molecule has 1 aromatic heterocycles. The molecule has 6 fully saturated rings. The zero-order valence-corrected chi connectivity index (χ0v) is 36.2. The van der Waals surface area contributed by atoms with E-state index in [4.69, 9.17) is 0 Å². The lowest BCUT2D eigenvalue weighted by molar-refractivity contribution is -0.170. The minimum absolute atomic E-state index is 0.00163. The van der Waals surface area contributed by atoms with Crippen molar-refractivity contribution in [3.05, 3.63) is 52.7 Å². The van der Waals surface area contributed by atoms with Crippen molar-refractivity contribution in [1.82, 2.24) is 14.9 Å². The summed E-state index contributed by atoms with van der Waals surface area (Å²) in [5.74, 6) is 0.492. The summed E-state index contributed by atoms with van der Waals surface area (Å²) in [6, 6.07) is 0. The Morgan fingerprint density at radius 2 is 1.71 bits per heavy atom. The highest BCUT2D eigenvalue weighted by molar-refractivity contribution is 5.95. The van der Waals surface area contributed by atoms with Gasteiger partial charge in [0.25, 0.3) is 0 Å². The van der Waals surface area contributed by atoms with Gasteiger partial charge in [0.2, 0.25) is 0 Å². The average molecular weight is 796 g/mol. The maximum atomic E-state index is 14.4. The number of fused-ring (bicyclic) bond motifs is 8. The predicted octanol–water partition coefficient (Wildman–Crippen LogP) is 7.71. The molecular weight excluding hydrogens is 723 g/mol. The molecule has 9 aliphatic carbocycles. The smallest absolute Gasteiger partial charge is 0.159 e. The van der Waals surface area contributed by atoms with Gasteiger partial charge in [0.1, 0.15) is 0 Å². The van der Waals surface area contributed by atoms with E-state index in [1.54, 1.807) is 22.3 Å². The molecule has 8 nitrogen and oxygen atoms in total. The third-order valence-corrected chi connectivity index (χ3v) is 19.8. The fraction of sp³-hybridized carbons (Fsp3) is 0.800. The van der Waals surface area contributed by atoms with Gasteiger partial charge in [-0.25, -0.2) is 4.98 Å². The molecule has 318 valence electrons. The van der Waals surface area contributed by atoms with Gasteiger partial charge in [-0.05, 0) is 155 Å². The Morgan fingerprint density at radius 3 is 2.45 bits per heavy atom. The van der Waals surface area contributed by atoms with Crippen LogP contribution in [0.15, 0.2) is 52.7 Å². The van der Waals surface area contributed by atoms with E-state index in [9.17, 15) is 25.2 Å². The summed E-state index contributed by atoms with van der Waals surface area (Å²) in [6.45, 7) is 10.8. The van der Waals surface area contributed by atoms with Gasteiger partial charge in [-0.3, -0.25) is 4.79 Å². The third kappa shape index (κ3) is 5.48. The molecule has 58 heavy (non-hydrogen) atoms. The highest BCUT2D eigenvalue weighted by Crippen LogP contribution is 2.72. The number of aryl methyl sites for hydroxylation is 1. The normalized spacial score (nSPS) is 45.7. The molecule has 1 aromatic rings. The van der Waals surface area contributed by atoms with Crippen molar-refractivity contribution in [3.8, 4) is 0 Å². The first-order valence-corrected chi connectivity index (χ1v) is 23.8. The van der Waals surface area contributed by atoms with Crippen LogP contribution in [0.1, 0.15) is 137 Å². The summed E-state index contributed by atoms with van der Waals surface area (Å²) in [4.78, 5) is 18.7. The topological polar surface area (TPSA) is 128 Å². The summed E-state index contributed by atoms with van der Waals surface area (Å²) >= 11 is 0. The Kier molecular flexibility index (Phi) is 9.63. The summed E-state index contributed by atoms with van der Waals surface area (Å²) in [5.41, 5.74) is 5.74. The van der Waals surface area contributed by atoms with E-state index in [1.165, 1.54) is 57.8 Å². The van der Waals surface area contributed by atoms with E-state index in [1.807, 2.05) is 25.6 Å². The molecule has 8 heteroatoms. The van der Waals surface area contributed by atoms with Crippen molar-refractivity contribution in [1.29, 1.82) is 0 Å². The monoisotopic (exact) mass is 796 g/mol. The Hall–Kier alpha value is -2.10. The molecule has 0 amide bonds. The highest BCUT2D eigenvalue weighted by Gasteiger charge is 2.69. The molecule has 0 unspecified atom stereocenters. The van der Waals surface area contributed by atoms with Crippen LogP contribution in [0.3, 0.4) is 0 Å². The second kappa shape index (κ2) is 14.0. The van der Waals surface area contributed by atoms with Crippen molar-refractivity contribution in [2.45, 2.75) is 167 Å². The fourth-order valence-electron chi connectivity index (χ4n) is 17.4.